The number of ether oxygens (including phenoxy) is 1. The summed E-state index contributed by atoms with van der Waals surface area (Å²) in [6.07, 6.45) is 0.396. The molecule has 0 fully saturated rings. The molecule has 0 aromatic heterocycles. The molecule has 12 heavy (non-hydrogen) atoms. The maximum absolute atomic E-state index is 10.7. The monoisotopic (exact) mass is 174 g/mol. The highest BCUT2D eigenvalue weighted by molar-refractivity contribution is 5.69. The second-order valence-corrected chi connectivity index (χ2v) is 2.93. The zero-order chi connectivity index (χ0) is 9.56. The van der Waals surface area contributed by atoms with Gasteiger partial charge in [0.05, 0.1) is 13.5 Å². The van der Waals surface area contributed by atoms with Gasteiger partial charge in [0.2, 0.25) is 0 Å². The van der Waals surface area contributed by atoms with Crippen LogP contribution in [0.3, 0.4) is 0 Å². The second-order valence-electron chi connectivity index (χ2n) is 2.93. The molecule has 0 aromatic carbocycles. The summed E-state index contributed by atoms with van der Waals surface area (Å²) in [5, 5.41) is 3.12. The zero-order valence-corrected chi connectivity index (χ0v) is 7.96. The molecule has 72 valence electrons. The topological polar surface area (TPSA) is 64.3 Å². The highest BCUT2D eigenvalue weighted by Gasteiger charge is 2.06. The number of nitrogens with two attached hydrogens (primary N) is 1. The van der Waals surface area contributed by atoms with Gasteiger partial charge >= 0.3 is 5.97 Å². The fraction of sp³-hybridized carbons (Fsp3) is 0.875. The Morgan fingerprint density at radius 3 is 2.58 bits per heavy atom. The molecule has 0 aliphatic rings. The summed E-state index contributed by atoms with van der Waals surface area (Å²) in [7, 11) is 1.39. The molecule has 0 aliphatic carbocycles. The lowest BCUT2D eigenvalue weighted by molar-refractivity contribution is -0.140. The third-order valence-electron chi connectivity index (χ3n) is 1.81. The lowest BCUT2D eigenvalue weighted by Gasteiger charge is -2.16. The van der Waals surface area contributed by atoms with E-state index in [1.807, 2.05) is 13.8 Å². The average Bonchev–Trinajstić information content (AvgIpc) is 2.03. The second kappa shape index (κ2) is 5.97. The van der Waals surface area contributed by atoms with E-state index >= 15 is 0 Å². The summed E-state index contributed by atoms with van der Waals surface area (Å²) in [5.41, 5.74) is 5.61. The quantitative estimate of drug-likeness (QED) is 0.570. The van der Waals surface area contributed by atoms with Crippen molar-refractivity contribution in [3.05, 3.63) is 0 Å². The first-order valence-corrected chi connectivity index (χ1v) is 4.13. The molecule has 0 heterocycles. The van der Waals surface area contributed by atoms with Gasteiger partial charge in [-0.05, 0) is 13.8 Å². The van der Waals surface area contributed by atoms with Crippen molar-refractivity contribution in [3.8, 4) is 0 Å². The van der Waals surface area contributed by atoms with Crippen LogP contribution in [-0.4, -0.2) is 31.7 Å². The minimum Gasteiger partial charge on any atom is -0.469 e. The smallest absolute Gasteiger partial charge is 0.306 e. The highest BCUT2D eigenvalue weighted by Crippen LogP contribution is 1.88. The predicted molar refractivity (Wildman–Crippen MR) is 47.7 cm³/mol. The van der Waals surface area contributed by atoms with E-state index in [1.54, 1.807) is 0 Å². The van der Waals surface area contributed by atoms with Gasteiger partial charge in [-0.1, -0.05) is 0 Å². The van der Waals surface area contributed by atoms with E-state index in [2.05, 4.69) is 10.1 Å². The number of nitrogens with one attached hydrogen (secondary N) is 1. The Hall–Kier alpha value is -0.610. The largest absolute Gasteiger partial charge is 0.469 e. The highest BCUT2D eigenvalue weighted by atomic mass is 16.5. The Labute approximate surface area is 73.5 Å². The Morgan fingerprint density at radius 2 is 2.17 bits per heavy atom. The molecule has 0 amide bonds. The van der Waals surface area contributed by atoms with Crippen molar-refractivity contribution in [2.45, 2.75) is 32.4 Å². The van der Waals surface area contributed by atoms with Crippen LogP contribution in [0.5, 0.6) is 0 Å². The summed E-state index contributed by atoms with van der Waals surface area (Å²) in [5.74, 6) is -0.195. The van der Waals surface area contributed by atoms with E-state index in [-0.39, 0.29) is 18.1 Å². The first-order valence-electron chi connectivity index (χ1n) is 4.13. The summed E-state index contributed by atoms with van der Waals surface area (Å²) >= 11 is 0. The summed E-state index contributed by atoms with van der Waals surface area (Å²) < 4.78 is 4.48. The minimum atomic E-state index is -0.195. The normalized spacial score (nSPS) is 15.3. The summed E-state index contributed by atoms with van der Waals surface area (Å²) in [4.78, 5) is 10.7. The van der Waals surface area contributed by atoms with Crippen LogP contribution in [0, 0.1) is 0 Å². The Kier molecular flexibility index (Phi) is 5.66. The molecule has 0 bridgehead atoms. The van der Waals surface area contributed by atoms with Crippen molar-refractivity contribution >= 4 is 5.97 Å². The molecular weight excluding hydrogens is 156 g/mol. The third kappa shape index (κ3) is 5.09. The van der Waals surface area contributed by atoms with Crippen molar-refractivity contribution < 1.29 is 9.53 Å². The van der Waals surface area contributed by atoms with Gasteiger partial charge < -0.3 is 15.8 Å². The Bertz CT molecular complexity index is 137. The van der Waals surface area contributed by atoms with Gasteiger partial charge in [0.15, 0.2) is 0 Å². The maximum atomic E-state index is 10.7. The number of hydrogen-bond donors (Lipinski definition) is 2. The lowest BCUT2D eigenvalue weighted by Crippen LogP contribution is -2.41. The predicted octanol–water partition coefficient (Wildman–Crippen LogP) is -0.125. The van der Waals surface area contributed by atoms with Crippen LogP contribution in [0.15, 0.2) is 0 Å². The molecule has 2 unspecified atom stereocenters. The van der Waals surface area contributed by atoms with Gasteiger partial charge in [0, 0.05) is 18.6 Å². The average molecular weight is 174 g/mol. The van der Waals surface area contributed by atoms with Crippen LogP contribution in [0.4, 0.5) is 0 Å². The molecule has 0 saturated carbocycles. The number of hydrogen-bond acceptors (Lipinski definition) is 4. The molecule has 0 aromatic rings. The van der Waals surface area contributed by atoms with Gasteiger partial charge in [0.1, 0.15) is 0 Å². The standard InChI is InChI=1S/C8H18N2O2/c1-6(9)7(2)10-5-4-8(11)12-3/h6-7,10H,4-5,9H2,1-3H3. The molecule has 0 rings (SSSR count). The Balaban J connectivity index is 3.37. The van der Waals surface area contributed by atoms with Crippen LogP contribution < -0.4 is 11.1 Å². The molecular formula is C8H18N2O2. The van der Waals surface area contributed by atoms with E-state index in [1.165, 1.54) is 7.11 Å². The molecule has 0 saturated heterocycles. The van der Waals surface area contributed by atoms with E-state index in [0.717, 1.165) is 0 Å². The van der Waals surface area contributed by atoms with Crippen LogP contribution >= 0.6 is 0 Å². The van der Waals surface area contributed by atoms with E-state index in [9.17, 15) is 4.79 Å². The van der Waals surface area contributed by atoms with E-state index in [4.69, 9.17) is 5.73 Å². The number of esters is 1. The molecule has 2 atom stereocenters. The zero-order valence-electron chi connectivity index (χ0n) is 7.96. The van der Waals surface area contributed by atoms with E-state index < -0.39 is 0 Å². The van der Waals surface area contributed by atoms with Crippen molar-refractivity contribution in [1.82, 2.24) is 5.32 Å². The first-order chi connectivity index (χ1) is 5.57. The van der Waals surface area contributed by atoms with Gasteiger partial charge in [0.25, 0.3) is 0 Å². The minimum absolute atomic E-state index is 0.0997. The molecule has 0 aliphatic heterocycles. The van der Waals surface area contributed by atoms with Gasteiger partial charge in [-0.3, -0.25) is 4.79 Å². The number of carbonyl (C=O) groups is 1. The molecule has 0 spiro atoms. The van der Waals surface area contributed by atoms with Crippen molar-refractivity contribution in [3.63, 3.8) is 0 Å². The summed E-state index contributed by atoms with van der Waals surface area (Å²) in [6, 6.07) is 0.331. The first kappa shape index (κ1) is 11.4. The fourth-order valence-corrected chi connectivity index (χ4v) is 0.690. The summed E-state index contributed by atoms with van der Waals surface area (Å²) in [6.45, 7) is 4.53. The van der Waals surface area contributed by atoms with Crippen molar-refractivity contribution in [1.29, 1.82) is 0 Å². The van der Waals surface area contributed by atoms with Crippen LogP contribution in [-0.2, 0) is 9.53 Å². The molecule has 3 N–H and O–H groups in total. The van der Waals surface area contributed by atoms with E-state index in [0.29, 0.717) is 13.0 Å². The van der Waals surface area contributed by atoms with Gasteiger partial charge in [-0.15, -0.1) is 0 Å². The molecule has 0 radical (unpaired) electrons. The van der Waals surface area contributed by atoms with Crippen molar-refractivity contribution in [2.24, 2.45) is 5.73 Å². The van der Waals surface area contributed by atoms with Gasteiger partial charge in [-0.25, -0.2) is 0 Å². The number of rotatable bonds is 5. The lowest BCUT2D eigenvalue weighted by atomic mass is 10.2. The van der Waals surface area contributed by atoms with Crippen LogP contribution in [0.2, 0.25) is 0 Å². The molecule has 4 nitrogen and oxygen atoms in total. The number of carbonyl (C=O) groups excluding carboxylic acids is 1. The van der Waals surface area contributed by atoms with Crippen molar-refractivity contribution in [2.75, 3.05) is 13.7 Å². The number of methoxy groups -OCH3 is 1. The SMILES string of the molecule is COC(=O)CCNC(C)C(C)N. The maximum Gasteiger partial charge on any atom is 0.306 e. The van der Waals surface area contributed by atoms with Crippen LogP contribution in [0.1, 0.15) is 20.3 Å². The Morgan fingerprint density at radius 1 is 1.58 bits per heavy atom. The van der Waals surface area contributed by atoms with Crippen LogP contribution in [0.25, 0.3) is 0 Å². The van der Waals surface area contributed by atoms with Gasteiger partial charge in [-0.2, -0.15) is 0 Å². The third-order valence-corrected chi connectivity index (χ3v) is 1.81. The molecule has 4 heteroatoms. The fourth-order valence-electron chi connectivity index (χ4n) is 0.690.